The Morgan fingerprint density at radius 3 is 2.83 bits per heavy atom. The van der Waals surface area contributed by atoms with Crippen molar-refractivity contribution in [2.75, 3.05) is 32.9 Å². The molecule has 0 aromatic heterocycles. The van der Waals surface area contributed by atoms with Crippen LogP contribution in [-0.2, 0) is 14.3 Å². The monoisotopic (exact) mass is 255 g/mol. The standard InChI is InChI=1S/C14H25NO3/c1-2-5-14(6-7-15-11-14)13(16)18-10-12-3-8-17-9-4-12/h12,15H,2-11H2,1H3. The van der Waals surface area contributed by atoms with Gasteiger partial charge in [-0.2, -0.15) is 0 Å². The summed E-state index contributed by atoms with van der Waals surface area (Å²) in [5.41, 5.74) is -0.250. The lowest BCUT2D eigenvalue weighted by Gasteiger charge is -2.27. The zero-order chi connectivity index (χ0) is 12.8. The smallest absolute Gasteiger partial charge is 0.313 e. The largest absolute Gasteiger partial charge is 0.465 e. The van der Waals surface area contributed by atoms with E-state index in [-0.39, 0.29) is 11.4 Å². The first-order chi connectivity index (χ1) is 8.77. The van der Waals surface area contributed by atoms with Gasteiger partial charge in [0, 0.05) is 19.8 Å². The lowest BCUT2D eigenvalue weighted by molar-refractivity contribution is -0.157. The van der Waals surface area contributed by atoms with Crippen molar-refractivity contribution in [3.63, 3.8) is 0 Å². The first-order valence-corrected chi connectivity index (χ1v) is 7.22. The quantitative estimate of drug-likeness (QED) is 0.760. The summed E-state index contributed by atoms with van der Waals surface area (Å²) >= 11 is 0. The normalized spacial score (nSPS) is 29.4. The van der Waals surface area contributed by atoms with Crippen LogP contribution in [0.25, 0.3) is 0 Å². The molecule has 0 saturated carbocycles. The van der Waals surface area contributed by atoms with E-state index in [4.69, 9.17) is 9.47 Å². The van der Waals surface area contributed by atoms with E-state index in [1.807, 2.05) is 0 Å². The topological polar surface area (TPSA) is 47.6 Å². The van der Waals surface area contributed by atoms with Crippen LogP contribution in [0.15, 0.2) is 0 Å². The molecule has 0 bridgehead atoms. The van der Waals surface area contributed by atoms with Crippen molar-refractivity contribution in [2.45, 2.75) is 39.0 Å². The van der Waals surface area contributed by atoms with Crippen molar-refractivity contribution >= 4 is 5.97 Å². The first-order valence-electron chi connectivity index (χ1n) is 7.22. The van der Waals surface area contributed by atoms with E-state index < -0.39 is 0 Å². The fraction of sp³-hybridized carbons (Fsp3) is 0.929. The number of carbonyl (C=O) groups is 1. The molecule has 1 N–H and O–H groups in total. The predicted octanol–water partition coefficient (Wildman–Crippen LogP) is 1.74. The van der Waals surface area contributed by atoms with Crippen molar-refractivity contribution in [2.24, 2.45) is 11.3 Å². The second-order valence-electron chi connectivity index (χ2n) is 5.61. The van der Waals surface area contributed by atoms with Gasteiger partial charge in [0.25, 0.3) is 0 Å². The summed E-state index contributed by atoms with van der Waals surface area (Å²) in [5, 5.41) is 3.30. The van der Waals surface area contributed by atoms with Crippen LogP contribution in [0.1, 0.15) is 39.0 Å². The predicted molar refractivity (Wildman–Crippen MR) is 69.3 cm³/mol. The Kier molecular flexibility index (Phi) is 5.01. The molecular weight excluding hydrogens is 230 g/mol. The molecule has 2 saturated heterocycles. The molecule has 0 aromatic rings. The zero-order valence-electron chi connectivity index (χ0n) is 11.4. The fourth-order valence-corrected chi connectivity index (χ4v) is 2.97. The van der Waals surface area contributed by atoms with Gasteiger partial charge in [0.05, 0.1) is 12.0 Å². The van der Waals surface area contributed by atoms with Crippen molar-refractivity contribution in [1.82, 2.24) is 5.32 Å². The van der Waals surface area contributed by atoms with Crippen molar-refractivity contribution in [3.8, 4) is 0 Å². The zero-order valence-corrected chi connectivity index (χ0v) is 11.4. The van der Waals surface area contributed by atoms with Gasteiger partial charge in [-0.1, -0.05) is 13.3 Å². The number of hydrogen-bond acceptors (Lipinski definition) is 4. The van der Waals surface area contributed by atoms with Gasteiger partial charge in [0.1, 0.15) is 0 Å². The maximum atomic E-state index is 12.3. The lowest BCUT2D eigenvalue weighted by Crippen LogP contribution is -2.36. The Labute approximate surface area is 109 Å². The summed E-state index contributed by atoms with van der Waals surface area (Å²) < 4.78 is 10.9. The Bertz CT molecular complexity index is 268. The maximum Gasteiger partial charge on any atom is 0.313 e. The van der Waals surface area contributed by atoms with Gasteiger partial charge in [-0.15, -0.1) is 0 Å². The van der Waals surface area contributed by atoms with Crippen LogP contribution in [0.3, 0.4) is 0 Å². The van der Waals surface area contributed by atoms with Crippen LogP contribution in [0, 0.1) is 11.3 Å². The molecule has 104 valence electrons. The summed E-state index contributed by atoms with van der Waals surface area (Å²) in [6.07, 6.45) is 4.94. The molecule has 4 nitrogen and oxygen atoms in total. The Balaban J connectivity index is 1.81. The molecule has 2 aliphatic rings. The highest BCUT2D eigenvalue weighted by Crippen LogP contribution is 2.33. The number of nitrogens with one attached hydrogen (secondary N) is 1. The first kappa shape index (κ1) is 13.8. The highest BCUT2D eigenvalue weighted by Gasteiger charge is 2.41. The minimum atomic E-state index is -0.250. The minimum Gasteiger partial charge on any atom is -0.465 e. The fourth-order valence-electron chi connectivity index (χ4n) is 2.97. The van der Waals surface area contributed by atoms with E-state index in [1.54, 1.807) is 0 Å². The number of rotatable bonds is 5. The molecule has 0 aliphatic carbocycles. The van der Waals surface area contributed by atoms with Gasteiger partial charge in [-0.05, 0) is 38.1 Å². The average molecular weight is 255 g/mol. The van der Waals surface area contributed by atoms with Gasteiger partial charge in [0.2, 0.25) is 0 Å². The minimum absolute atomic E-state index is 0.0147. The van der Waals surface area contributed by atoms with Crippen LogP contribution in [0.5, 0.6) is 0 Å². The summed E-state index contributed by atoms with van der Waals surface area (Å²) in [6.45, 7) is 6.05. The molecule has 18 heavy (non-hydrogen) atoms. The highest BCUT2D eigenvalue weighted by atomic mass is 16.5. The van der Waals surface area contributed by atoms with E-state index >= 15 is 0 Å². The number of carbonyl (C=O) groups excluding carboxylic acids is 1. The van der Waals surface area contributed by atoms with Gasteiger partial charge in [-0.25, -0.2) is 0 Å². The molecule has 0 spiro atoms. The van der Waals surface area contributed by atoms with Gasteiger partial charge >= 0.3 is 5.97 Å². The molecule has 1 atom stereocenters. The van der Waals surface area contributed by atoms with Crippen LogP contribution < -0.4 is 5.32 Å². The van der Waals surface area contributed by atoms with E-state index in [9.17, 15) is 4.79 Å². The van der Waals surface area contributed by atoms with Gasteiger partial charge in [0.15, 0.2) is 0 Å². The van der Waals surface area contributed by atoms with Crippen molar-refractivity contribution in [3.05, 3.63) is 0 Å². The molecule has 2 fully saturated rings. The second kappa shape index (κ2) is 6.53. The summed E-state index contributed by atoms with van der Waals surface area (Å²) in [5.74, 6) is 0.511. The second-order valence-corrected chi connectivity index (χ2v) is 5.61. The van der Waals surface area contributed by atoms with Crippen LogP contribution >= 0.6 is 0 Å². The molecule has 2 rings (SSSR count). The van der Waals surface area contributed by atoms with E-state index in [0.29, 0.717) is 12.5 Å². The third-order valence-corrected chi connectivity index (χ3v) is 4.20. The molecule has 0 amide bonds. The molecular formula is C14H25NO3. The van der Waals surface area contributed by atoms with Crippen LogP contribution in [-0.4, -0.2) is 38.9 Å². The molecule has 1 unspecified atom stereocenters. The van der Waals surface area contributed by atoms with Gasteiger partial charge in [-0.3, -0.25) is 4.79 Å². The Morgan fingerprint density at radius 2 is 2.22 bits per heavy atom. The van der Waals surface area contributed by atoms with E-state index in [0.717, 1.165) is 58.4 Å². The van der Waals surface area contributed by atoms with Crippen molar-refractivity contribution < 1.29 is 14.3 Å². The summed E-state index contributed by atoms with van der Waals surface area (Å²) in [4.78, 5) is 12.3. The number of ether oxygens (including phenoxy) is 2. The molecule has 0 radical (unpaired) electrons. The molecule has 2 aliphatic heterocycles. The van der Waals surface area contributed by atoms with Crippen LogP contribution in [0.4, 0.5) is 0 Å². The summed E-state index contributed by atoms with van der Waals surface area (Å²) in [6, 6.07) is 0. The van der Waals surface area contributed by atoms with Crippen LogP contribution in [0.2, 0.25) is 0 Å². The molecule has 4 heteroatoms. The average Bonchev–Trinajstić information content (AvgIpc) is 2.87. The Morgan fingerprint density at radius 1 is 1.44 bits per heavy atom. The van der Waals surface area contributed by atoms with E-state index in [1.165, 1.54) is 0 Å². The molecule has 0 aromatic carbocycles. The summed E-state index contributed by atoms with van der Waals surface area (Å²) in [7, 11) is 0. The molecule has 2 heterocycles. The maximum absolute atomic E-state index is 12.3. The third-order valence-electron chi connectivity index (χ3n) is 4.20. The van der Waals surface area contributed by atoms with Gasteiger partial charge < -0.3 is 14.8 Å². The Hall–Kier alpha value is -0.610. The third kappa shape index (κ3) is 3.23. The number of hydrogen-bond donors (Lipinski definition) is 1. The number of esters is 1. The lowest BCUT2D eigenvalue weighted by atomic mass is 9.82. The highest BCUT2D eigenvalue weighted by molar-refractivity contribution is 5.77. The van der Waals surface area contributed by atoms with Crippen molar-refractivity contribution in [1.29, 1.82) is 0 Å². The SMILES string of the molecule is CCCC1(C(=O)OCC2CCOCC2)CCNC1. The van der Waals surface area contributed by atoms with E-state index in [2.05, 4.69) is 12.2 Å².